The molecule has 1 rings (SSSR count). The molecule has 1 atom stereocenters. The molecule has 0 aliphatic rings. The molecule has 0 radical (unpaired) electrons. The van der Waals surface area contributed by atoms with Crippen LogP contribution < -0.4 is 10.2 Å². The third-order valence-corrected chi connectivity index (χ3v) is 4.00. The minimum absolute atomic E-state index is 0.388. The number of benzene rings is 1. The standard InChI is InChI=1S/C17H27N3/c1-5-15-8-10-16(11-9-15)20(4)13-7-6-12-17(2,14-18)19-3/h8-11,19H,5-7,12-13H2,1-4H3. The molecule has 0 bridgehead atoms. The molecule has 110 valence electrons. The minimum atomic E-state index is -0.388. The van der Waals surface area contributed by atoms with E-state index in [0.717, 1.165) is 32.2 Å². The average molecular weight is 273 g/mol. The summed E-state index contributed by atoms with van der Waals surface area (Å²) in [6.45, 7) is 5.16. The van der Waals surface area contributed by atoms with Crippen LogP contribution in [0.15, 0.2) is 24.3 Å². The zero-order chi connectivity index (χ0) is 15.0. The lowest BCUT2D eigenvalue weighted by Gasteiger charge is -2.22. The quantitative estimate of drug-likeness (QED) is 0.738. The summed E-state index contributed by atoms with van der Waals surface area (Å²) >= 11 is 0. The van der Waals surface area contributed by atoms with Gasteiger partial charge in [-0.15, -0.1) is 0 Å². The summed E-state index contributed by atoms with van der Waals surface area (Å²) in [5.74, 6) is 0. The number of rotatable bonds is 8. The van der Waals surface area contributed by atoms with E-state index in [0.29, 0.717) is 0 Å². The normalized spacial score (nSPS) is 13.6. The first-order chi connectivity index (χ1) is 9.54. The monoisotopic (exact) mass is 273 g/mol. The maximum Gasteiger partial charge on any atom is 0.103 e. The first kappa shape index (κ1) is 16.5. The number of unbranched alkanes of at least 4 members (excludes halogenated alkanes) is 1. The molecular formula is C17H27N3. The topological polar surface area (TPSA) is 39.1 Å². The number of hydrogen-bond donors (Lipinski definition) is 1. The highest BCUT2D eigenvalue weighted by Gasteiger charge is 2.19. The molecule has 1 unspecified atom stereocenters. The Bertz CT molecular complexity index is 433. The van der Waals surface area contributed by atoms with Crippen LogP contribution >= 0.6 is 0 Å². The van der Waals surface area contributed by atoms with Crippen molar-refractivity contribution in [1.29, 1.82) is 5.26 Å². The molecule has 0 spiro atoms. The molecule has 0 fully saturated rings. The van der Waals surface area contributed by atoms with Gasteiger partial charge in [-0.25, -0.2) is 0 Å². The fourth-order valence-electron chi connectivity index (χ4n) is 2.18. The van der Waals surface area contributed by atoms with Crippen molar-refractivity contribution < 1.29 is 0 Å². The summed E-state index contributed by atoms with van der Waals surface area (Å²) in [5, 5.41) is 12.2. The third kappa shape index (κ3) is 4.86. The van der Waals surface area contributed by atoms with Gasteiger partial charge in [0, 0.05) is 19.3 Å². The first-order valence-corrected chi connectivity index (χ1v) is 7.45. The summed E-state index contributed by atoms with van der Waals surface area (Å²) in [5.41, 5.74) is 2.25. The molecular weight excluding hydrogens is 246 g/mol. The van der Waals surface area contributed by atoms with Crippen molar-refractivity contribution in [3.63, 3.8) is 0 Å². The van der Waals surface area contributed by atoms with Crippen LogP contribution in [0, 0.1) is 11.3 Å². The predicted molar refractivity (Wildman–Crippen MR) is 86.0 cm³/mol. The largest absolute Gasteiger partial charge is 0.375 e. The number of hydrogen-bond acceptors (Lipinski definition) is 3. The fourth-order valence-corrected chi connectivity index (χ4v) is 2.18. The molecule has 1 aromatic rings. The highest BCUT2D eigenvalue weighted by atomic mass is 15.1. The number of nitrogens with one attached hydrogen (secondary N) is 1. The van der Waals surface area contributed by atoms with Crippen LogP contribution in [0.25, 0.3) is 0 Å². The fraction of sp³-hybridized carbons (Fsp3) is 0.588. The Labute approximate surface area is 123 Å². The number of aryl methyl sites for hydroxylation is 1. The highest BCUT2D eigenvalue weighted by molar-refractivity contribution is 5.46. The average Bonchev–Trinajstić information content (AvgIpc) is 2.51. The molecule has 0 aliphatic heterocycles. The first-order valence-electron chi connectivity index (χ1n) is 7.45. The van der Waals surface area contributed by atoms with Crippen molar-refractivity contribution in [2.24, 2.45) is 0 Å². The van der Waals surface area contributed by atoms with Gasteiger partial charge in [-0.05, 0) is 57.4 Å². The molecule has 1 aromatic carbocycles. The second-order valence-electron chi connectivity index (χ2n) is 5.59. The summed E-state index contributed by atoms with van der Waals surface area (Å²) < 4.78 is 0. The van der Waals surface area contributed by atoms with Crippen LogP contribution in [0.1, 0.15) is 38.7 Å². The minimum Gasteiger partial charge on any atom is -0.375 e. The lowest BCUT2D eigenvalue weighted by molar-refractivity contribution is 0.434. The second kappa shape index (κ2) is 7.91. The maximum atomic E-state index is 9.10. The zero-order valence-corrected chi connectivity index (χ0v) is 13.2. The Kier molecular flexibility index (Phi) is 6.54. The van der Waals surface area contributed by atoms with Crippen LogP contribution in [-0.4, -0.2) is 26.2 Å². The molecule has 3 heteroatoms. The van der Waals surface area contributed by atoms with Gasteiger partial charge in [-0.3, -0.25) is 0 Å². The van der Waals surface area contributed by atoms with Crippen molar-refractivity contribution in [3.8, 4) is 6.07 Å². The molecule has 3 nitrogen and oxygen atoms in total. The van der Waals surface area contributed by atoms with Gasteiger partial charge >= 0.3 is 0 Å². The maximum absolute atomic E-state index is 9.10. The Morgan fingerprint density at radius 1 is 1.25 bits per heavy atom. The summed E-state index contributed by atoms with van der Waals surface area (Å²) in [7, 11) is 3.98. The van der Waals surface area contributed by atoms with Gasteiger partial charge < -0.3 is 10.2 Å². The van der Waals surface area contributed by atoms with Crippen LogP contribution in [-0.2, 0) is 6.42 Å². The Morgan fingerprint density at radius 2 is 1.90 bits per heavy atom. The summed E-state index contributed by atoms with van der Waals surface area (Å²) in [6, 6.07) is 11.1. The van der Waals surface area contributed by atoms with Gasteiger partial charge in [0.15, 0.2) is 0 Å². The van der Waals surface area contributed by atoms with Crippen molar-refractivity contribution in [1.82, 2.24) is 5.32 Å². The van der Waals surface area contributed by atoms with E-state index in [1.54, 1.807) is 0 Å². The van der Waals surface area contributed by atoms with E-state index in [9.17, 15) is 0 Å². The van der Waals surface area contributed by atoms with Crippen LogP contribution in [0.2, 0.25) is 0 Å². The number of nitriles is 1. The van der Waals surface area contributed by atoms with Gasteiger partial charge in [0.2, 0.25) is 0 Å². The number of nitrogens with zero attached hydrogens (tertiary/aromatic N) is 2. The predicted octanol–water partition coefficient (Wildman–Crippen LogP) is 3.36. The molecule has 0 saturated carbocycles. The van der Waals surface area contributed by atoms with Gasteiger partial charge in [0.1, 0.15) is 5.54 Å². The van der Waals surface area contributed by atoms with Gasteiger partial charge in [0.25, 0.3) is 0 Å². The molecule has 0 aromatic heterocycles. The van der Waals surface area contributed by atoms with E-state index < -0.39 is 0 Å². The van der Waals surface area contributed by atoms with E-state index in [1.165, 1.54) is 11.3 Å². The SMILES string of the molecule is CCc1ccc(N(C)CCCCC(C)(C#N)NC)cc1. The summed E-state index contributed by atoms with van der Waals surface area (Å²) in [4.78, 5) is 2.28. The van der Waals surface area contributed by atoms with Crippen molar-refractivity contribution in [2.75, 3.05) is 25.5 Å². The van der Waals surface area contributed by atoms with E-state index in [2.05, 4.69) is 54.5 Å². The van der Waals surface area contributed by atoms with E-state index in [1.807, 2.05) is 14.0 Å². The zero-order valence-electron chi connectivity index (χ0n) is 13.2. The lowest BCUT2D eigenvalue weighted by atomic mass is 9.97. The second-order valence-corrected chi connectivity index (χ2v) is 5.59. The lowest BCUT2D eigenvalue weighted by Crippen LogP contribution is -2.38. The molecule has 0 saturated heterocycles. The van der Waals surface area contributed by atoms with Crippen molar-refractivity contribution in [3.05, 3.63) is 29.8 Å². The summed E-state index contributed by atoms with van der Waals surface area (Å²) in [6.07, 6.45) is 4.14. The Morgan fingerprint density at radius 3 is 2.40 bits per heavy atom. The third-order valence-electron chi connectivity index (χ3n) is 4.00. The van der Waals surface area contributed by atoms with Gasteiger partial charge in [-0.2, -0.15) is 5.26 Å². The van der Waals surface area contributed by atoms with Crippen LogP contribution in [0.5, 0.6) is 0 Å². The Hall–Kier alpha value is -1.53. The van der Waals surface area contributed by atoms with Crippen molar-refractivity contribution in [2.45, 2.75) is 45.1 Å². The molecule has 0 amide bonds. The van der Waals surface area contributed by atoms with Gasteiger partial charge in [-0.1, -0.05) is 19.1 Å². The van der Waals surface area contributed by atoms with E-state index in [4.69, 9.17) is 5.26 Å². The Balaban J connectivity index is 2.36. The van der Waals surface area contributed by atoms with Crippen LogP contribution in [0.3, 0.4) is 0 Å². The number of anilines is 1. The molecule has 1 N–H and O–H groups in total. The van der Waals surface area contributed by atoms with E-state index >= 15 is 0 Å². The van der Waals surface area contributed by atoms with Crippen LogP contribution in [0.4, 0.5) is 5.69 Å². The molecule has 0 heterocycles. The molecule has 20 heavy (non-hydrogen) atoms. The highest BCUT2D eigenvalue weighted by Crippen LogP contribution is 2.16. The van der Waals surface area contributed by atoms with Crippen molar-refractivity contribution >= 4 is 5.69 Å². The van der Waals surface area contributed by atoms with E-state index in [-0.39, 0.29) is 5.54 Å². The van der Waals surface area contributed by atoms with Gasteiger partial charge in [0.05, 0.1) is 6.07 Å². The smallest absolute Gasteiger partial charge is 0.103 e. The molecule has 0 aliphatic carbocycles.